The van der Waals surface area contributed by atoms with E-state index in [0.29, 0.717) is 0 Å². The van der Waals surface area contributed by atoms with Crippen LogP contribution < -0.4 is 26.2 Å². The van der Waals surface area contributed by atoms with Crippen LogP contribution in [0.4, 0.5) is 34.1 Å². The standard InChI is InChI=1S/C65H47BN2/c1-65(2,48-26-9-4-10-27-48)49-38-39-59-57(43-49)66-56-36-19-20-37-58(56)67(50-28-11-5-12-29-50)60-41-47(42-61(64(60)66)68(59)51-30-13-6-14-31-51)45-24-21-25-46(40-45)63-54-34-17-15-32-52(54)62(44-22-7-3-8-23-44)53-33-16-18-35-55(53)63/h3-43H,1-2H3. The minimum Gasteiger partial charge on any atom is -0.311 e. The second kappa shape index (κ2) is 15.9. The molecular formula is C65H47BN2. The van der Waals surface area contributed by atoms with E-state index in [2.05, 4.69) is 272 Å². The molecule has 0 bridgehead atoms. The van der Waals surface area contributed by atoms with Crippen LogP contribution in [0, 0.1) is 0 Å². The molecule has 11 aromatic rings. The van der Waals surface area contributed by atoms with Crippen LogP contribution in [-0.2, 0) is 5.41 Å². The van der Waals surface area contributed by atoms with Gasteiger partial charge in [0.05, 0.1) is 0 Å². The van der Waals surface area contributed by atoms with Crippen molar-refractivity contribution in [2.24, 2.45) is 0 Å². The second-order valence-electron chi connectivity index (χ2n) is 18.8. The molecule has 0 saturated heterocycles. The van der Waals surface area contributed by atoms with Crippen LogP contribution in [-0.4, -0.2) is 6.71 Å². The Kier molecular flexibility index (Phi) is 9.33. The summed E-state index contributed by atoms with van der Waals surface area (Å²) >= 11 is 0. The molecule has 11 aromatic carbocycles. The van der Waals surface area contributed by atoms with Gasteiger partial charge in [-0.2, -0.15) is 0 Å². The van der Waals surface area contributed by atoms with Gasteiger partial charge in [0.1, 0.15) is 0 Å². The van der Waals surface area contributed by atoms with E-state index in [0.717, 1.165) is 11.4 Å². The van der Waals surface area contributed by atoms with Crippen molar-refractivity contribution in [1.82, 2.24) is 0 Å². The third-order valence-corrected chi connectivity index (χ3v) is 14.7. The molecule has 0 atom stereocenters. The molecule has 0 unspecified atom stereocenters. The fourth-order valence-electron chi connectivity index (χ4n) is 11.4. The van der Waals surface area contributed by atoms with Crippen molar-refractivity contribution >= 4 is 78.8 Å². The number of para-hydroxylation sites is 3. The number of hydrogen-bond acceptors (Lipinski definition) is 2. The van der Waals surface area contributed by atoms with E-state index in [9.17, 15) is 0 Å². The Morgan fingerprint density at radius 3 is 1.35 bits per heavy atom. The smallest absolute Gasteiger partial charge is 0.252 e. The Morgan fingerprint density at radius 2 is 0.765 bits per heavy atom. The first-order chi connectivity index (χ1) is 33.5. The minimum atomic E-state index is -0.214. The van der Waals surface area contributed by atoms with Crippen LogP contribution in [0.3, 0.4) is 0 Å². The number of benzene rings is 11. The Bertz CT molecular complexity index is 3640. The summed E-state index contributed by atoms with van der Waals surface area (Å²) in [5.74, 6) is 0. The average molecular weight is 867 g/mol. The summed E-state index contributed by atoms with van der Waals surface area (Å²) in [7, 11) is 0. The Morgan fingerprint density at radius 1 is 0.309 bits per heavy atom. The monoisotopic (exact) mass is 866 g/mol. The summed E-state index contributed by atoms with van der Waals surface area (Å²) in [5, 5.41) is 5.01. The van der Waals surface area contributed by atoms with Crippen LogP contribution in [0.25, 0.3) is 54.9 Å². The van der Waals surface area contributed by atoms with Gasteiger partial charge in [-0.15, -0.1) is 0 Å². The zero-order chi connectivity index (χ0) is 45.3. The Labute approximate surface area is 399 Å². The molecule has 0 radical (unpaired) electrons. The van der Waals surface area contributed by atoms with Crippen molar-refractivity contribution in [3.05, 3.63) is 260 Å². The maximum absolute atomic E-state index is 2.53. The molecule has 2 heterocycles. The minimum absolute atomic E-state index is 0.00103. The van der Waals surface area contributed by atoms with Gasteiger partial charge in [0.15, 0.2) is 0 Å². The van der Waals surface area contributed by atoms with Gasteiger partial charge in [0.2, 0.25) is 0 Å². The number of nitrogens with zero attached hydrogens (tertiary/aromatic N) is 2. The molecule has 3 heteroatoms. The third kappa shape index (κ3) is 6.27. The highest BCUT2D eigenvalue weighted by atomic mass is 15.2. The summed E-state index contributed by atoms with van der Waals surface area (Å²) in [5.41, 5.74) is 20.7. The molecule has 0 aromatic heterocycles. The molecule has 0 fully saturated rings. The van der Waals surface area contributed by atoms with E-state index in [-0.39, 0.29) is 12.1 Å². The molecule has 0 aliphatic carbocycles. The Balaban J connectivity index is 1.07. The van der Waals surface area contributed by atoms with E-state index in [1.807, 2.05) is 0 Å². The molecule has 68 heavy (non-hydrogen) atoms. The van der Waals surface area contributed by atoms with Crippen LogP contribution in [0.2, 0.25) is 0 Å². The highest BCUT2D eigenvalue weighted by Gasteiger charge is 2.44. The van der Waals surface area contributed by atoms with Crippen molar-refractivity contribution in [1.29, 1.82) is 0 Å². The zero-order valence-electron chi connectivity index (χ0n) is 38.1. The van der Waals surface area contributed by atoms with Gasteiger partial charge < -0.3 is 9.80 Å². The third-order valence-electron chi connectivity index (χ3n) is 14.7. The molecule has 13 rings (SSSR count). The highest BCUT2D eigenvalue weighted by molar-refractivity contribution is 7.00. The van der Waals surface area contributed by atoms with Crippen molar-refractivity contribution < 1.29 is 0 Å². The van der Waals surface area contributed by atoms with Gasteiger partial charge in [0, 0.05) is 39.5 Å². The lowest BCUT2D eigenvalue weighted by molar-refractivity contribution is 0.641. The average Bonchev–Trinajstić information content (AvgIpc) is 3.40. The normalized spacial score (nSPS) is 12.8. The maximum atomic E-state index is 2.53. The van der Waals surface area contributed by atoms with E-state index >= 15 is 0 Å². The molecular weight excluding hydrogens is 820 g/mol. The summed E-state index contributed by atoms with van der Waals surface area (Å²) in [6, 6.07) is 92.1. The first-order valence-electron chi connectivity index (χ1n) is 23.8. The number of hydrogen-bond donors (Lipinski definition) is 0. The summed E-state index contributed by atoms with van der Waals surface area (Å²) < 4.78 is 0. The molecule has 2 aliphatic heterocycles. The first kappa shape index (κ1) is 39.9. The highest BCUT2D eigenvalue weighted by Crippen LogP contribution is 2.48. The molecule has 0 saturated carbocycles. The lowest BCUT2D eigenvalue weighted by atomic mass is 9.33. The molecule has 0 N–H and O–H groups in total. The topological polar surface area (TPSA) is 6.48 Å². The van der Waals surface area contributed by atoms with E-state index < -0.39 is 0 Å². The fourth-order valence-corrected chi connectivity index (χ4v) is 11.4. The largest absolute Gasteiger partial charge is 0.311 e. The van der Waals surface area contributed by atoms with Crippen molar-refractivity contribution in [3.63, 3.8) is 0 Å². The maximum Gasteiger partial charge on any atom is 0.252 e. The predicted octanol–water partition coefficient (Wildman–Crippen LogP) is 15.4. The van der Waals surface area contributed by atoms with Gasteiger partial charge in [-0.3, -0.25) is 0 Å². The van der Waals surface area contributed by atoms with E-state index in [1.54, 1.807) is 0 Å². The number of fused-ring (bicyclic) bond motifs is 6. The molecule has 2 nitrogen and oxygen atoms in total. The SMILES string of the molecule is CC(C)(c1ccccc1)c1ccc2c(c1)B1c3ccccc3N(c3ccccc3)c3cc(-c4cccc(-c5c6ccccc6c(-c6ccccc6)c6ccccc56)c4)cc(c31)N2c1ccccc1. The van der Waals surface area contributed by atoms with Crippen molar-refractivity contribution in [2.45, 2.75) is 19.3 Å². The van der Waals surface area contributed by atoms with Crippen LogP contribution >= 0.6 is 0 Å². The molecule has 0 spiro atoms. The quantitative estimate of drug-likeness (QED) is 0.116. The molecule has 320 valence electrons. The number of anilines is 6. The van der Waals surface area contributed by atoms with Crippen LogP contribution in [0.15, 0.2) is 249 Å². The van der Waals surface area contributed by atoms with E-state index in [1.165, 1.54) is 105 Å². The first-order valence-corrected chi connectivity index (χ1v) is 23.8. The Hall–Kier alpha value is -8.40. The summed E-state index contributed by atoms with van der Waals surface area (Å²) in [6.45, 7) is 4.71. The van der Waals surface area contributed by atoms with Crippen LogP contribution in [0.5, 0.6) is 0 Å². The predicted molar refractivity (Wildman–Crippen MR) is 290 cm³/mol. The molecule has 0 amide bonds. The van der Waals surface area contributed by atoms with E-state index in [4.69, 9.17) is 0 Å². The van der Waals surface area contributed by atoms with Gasteiger partial charge in [-0.05, 0) is 137 Å². The second-order valence-corrected chi connectivity index (χ2v) is 18.8. The van der Waals surface area contributed by atoms with Crippen molar-refractivity contribution in [3.8, 4) is 33.4 Å². The van der Waals surface area contributed by atoms with Gasteiger partial charge in [-0.25, -0.2) is 0 Å². The molecule has 2 aliphatic rings. The summed E-state index contributed by atoms with van der Waals surface area (Å²) in [4.78, 5) is 5.03. The lowest BCUT2D eigenvalue weighted by Crippen LogP contribution is -2.61. The van der Waals surface area contributed by atoms with Gasteiger partial charge in [-0.1, -0.05) is 208 Å². The fraction of sp³-hybridized carbons (Fsp3) is 0.0462. The lowest BCUT2D eigenvalue weighted by Gasteiger charge is -2.45. The summed E-state index contributed by atoms with van der Waals surface area (Å²) in [6.07, 6.45) is 0. The van der Waals surface area contributed by atoms with Crippen LogP contribution in [0.1, 0.15) is 25.0 Å². The zero-order valence-corrected chi connectivity index (χ0v) is 38.1. The van der Waals surface area contributed by atoms with Gasteiger partial charge in [0.25, 0.3) is 6.71 Å². The van der Waals surface area contributed by atoms with Gasteiger partial charge >= 0.3 is 0 Å². The van der Waals surface area contributed by atoms with Crippen molar-refractivity contribution in [2.75, 3.05) is 9.80 Å². The number of rotatable bonds is 7.